The van der Waals surface area contributed by atoms with Gasteiger partial charge in [0.1, 0.15) is 0 Å². The SMILES string of the molecule is CCCCCCCCCC(C)C(=O)NC(CCCC(N)=O)C(=O)C[C@@H](Cc1ccccc1)C(=O)COC(=O)c1c(C)cccc1C(F)(F)F. The summed E-state index contributed by atoms with van der Waals surface area (Å²) in [4.78, 5) is 64.6. The molecule has 0 aromatic heterocycles. The largest absolute Gasteiger partial charge is 0.454 e. The molecule has 2 amide bonds. The third-order valence-electron chi connectivity index (χ3n) is 8.67. The number of hydrogen-bond donors (Lipinski definition) is 2. The molecule has 0 saturated carbocycles. The minimum Gasteiger partial charge on any atom is -0.454 e. The summed E-state index contributed by atoms with van der Waals surface area (Å²) in [5.74, 6) is -4.60. The number of Topliss-reactive ketones (excluding diaryl/α,β-unsaturated/α-hetero) is 2. The molecule has 0 saturated heterocycles. The van der Waals surface area contributed by atoms with Gasteiger partial charge in [-0.25, -0.2) is 4.79 Å². The van der Waals surface area contributed by atoms with Crippen LogP contribution in [-0.2, 0) is 36.5 Å². The van der Waals surface area contributed by atoms with Gasteiger partial charge in [0.05, 0.1) is 17.2 Å². The van der Waals surface area contributed by atoms with Crippen LogP contribution in [0.3, 0.4) is 0 Å². The number of unbranched alkanes of at least 4 members (excludes halogenated alkanes) is 6. The van der Waals surface area contributed by atoms with Gasteiger partial charge in [0.15, 0.2) is 18.2 Å². The lowest BCUT2D eigenvalue weighted by molar-refractivity contribution is -0.138. The van der Waals surface area contributed by atoms with E-state index in [4.69, 9.17) is 10.5 Å². The smallest absolute Gasteiger partial charge is 0.417 e. The van der Waals surface area contributed by atoms with E-state index in [9.17, 15) is 37.1 Å². The maximum atomic E-state index is 13.7. The molecule has 0 aliphatic rings. The predicted octanol–water partition coefficient (Wildman–Crippen LogP) is 7.48. The summed E-state index contributed by atoms with van der Waals surface area (Å²) in [7, 11) is 0. The van der Waals surface area contributed by atoms with Crippen molar-refractivity contribution in [3.63, 3.8) is 0 Å². The molecule has 0 spiro atoms. The van der Waals surface area contributed by atoms with Crippen molar-refractivity contribution in [1.29, 1.82) is 0 Å². The number of hydrogen-bond acceptors (Lipinski definition) is 6. The van der Waals surface area contributed by atoms with Gasteiger partial charge in [0, 0.05) is 24.7 Å². The van der Waals surface area contributed by atoms with Gasteiger partial charge in [-0.3, -0.25) is 19.2 Å². The van der Waals surface area contributed by atoms with Crippen LogP contribution >= 0.6 is 0 Å². The number of primary amides is 1. The van der Waals surface area contributed by atoms with Gasteiger partial charge in [0.25, 0.3) is 0 Å². The topological polar surface area (TPSA) is 133 Å². The second kappa shape index (κ2) is 21.1. The molecular formula is C38H51F3N2O6. The highest BCUT2D eigenvalue weighted by molar-refractivity contribution is 5.96. The van der Waals surface area contributed by atoms with Crippen molar-refractivity contribution in [1.82, 2.24) is 5.32 Å². The Hall–Kier alpha value is -4.02. The van der Waals surface area contributed by atoms with Crippen molar-refractivity contribution in [2.45, 2.75) is 116 Å². The molecule has 270 valence electrons. The van der Waals surface area contributed by atoms with Crippen molar-refractivity contribution < 1.29 is 41.9 Å². The molecule has 11 heteroatoms. The number of nitrogens with one attached hydrogen (secondary N) is 1. The molecule has 2 aromatic carbocycles. The third-order valence-corrected chi connectivity index (χ3v) is 8.67. The molecule has 0 fully saturated rings. The Bertz CT molecular complexity index is 1380. The summed E-state index contributed by atoms with van der Waals surface area (Å²) in [6.45, 7) is 4.46. The summed E-state index contributed by atoms with van der Waals surface area (Å²) >= 11 is 0. The number of ketones is 2. The first-order chi connectivity index (χ1) is 23.2. The van der Waals surface area contributed by atoms with Gasteiger partial charge in [-0.15, -0.1) is 0 Å². The number of aryl methyl sites for hydroxylation is 1. The highest BCUT2D eigenvalue weighted by atomic mass is 19.4. The fraction of sp³-hybridized carbons (Fsp3) is 0.553. The Labute approximate surface area is 287 Å². The fourth-order valence-electron chi connectivity index (χ4n) is 5.73. The molecule has 49 heavy (non-hydrogen) atoms. The van der Waals surface area contributed by atoms with E-state index >= 15 is 0 Å². The molecule has 0 bridgehead atoms. The van der Waals surface area contributed by atoms with Gasteiger partial charge in [-0.1, -0.05) is 101 Å². The maximum absolute atomic E-state index is 13.7. The first kappa shape index (κ1) is 41.2. The summed E-state index contributed by atoms with van der Waals surface area (Å²) in [5.41, 5.74) is 4.21. The number of esters is 1. The first-order valence-electron chi connectivity index (χ1n) is 17.3. The molecule has 2 rings (SSSR count). The fourth-order valence-corrected chi connectivity index (χ4v) is 5.73. The molecule has 3 atom stereocenters. The van der Waals surface area contributed by atoms with Crippen LogP contribution in [0.2, 0.25) is 0 Å². The van der Waals surface area contributed by atoms with Crippen LogP contribution in [0.15, 0.2) is 48.5 Å². The van der Waals surface area contributed by atoms with E-state index in [2.05, 4.69) is 12.2 Å². The monoisotopic (exact) mass is 688 g/mol. The Morgan fingerprint density at radius 2 is 1.49 bits per heavy atom. The molecular weight excluding hydrogens is 637 g/mol. The molecule has 2 unspecified atom stereocenters. The lowest BCUT2D eigenvalue weighted by atomic mass is 9.87. The van der Waals surface area contributed by atoms with Gasteiger partial charge in [-0.2, -0.15) is 13.2 Å². The van der Waals surface area contributed by atoms with E-state index in [1.165, 1.54) is 38.3 Å². The number of halogens is 3. The van der Waals surface area contributed by atoms with Gasteiger partial charge in [0.2, 0.25) is 11.8 Å². The zero-order chi connectivity index (χ0) is 36.4. The second-order valence-corrected chi connectivity index (χ2v) is 12.8. The second-order valence-electron chi connectivity index (χ2n) is 12.8. The number of benzene rings is 2. The summed E-state index contributed by atoms with van der Waals surface area (Å²) in [6, 6.07) is 11.1. The van der Waals surface area contributed by atoms with Crippen LogP contribution in [0.1, 0.15) is 118 Å². The number of ether oxygens (including phenoxy) is 1. The van der Waals surface area contributed by atoms with E-state index in [0.717, 1.165) is 37.3 Å². The number of alkyl halides is 3. The minimum atomic E-state index is -4.81. The molecule has 2 aromatic rings. The van der Waals surface area contributed by atoms with Gasteiger partial charge < -0.3 is 15.8 Å². The van der Waals surface area contributed by atoms with Crippen molar-refractivity contribution in [3.05, 3.63) is 70.8 Å². The minimum absolute atomic E-state index is 0.00831. The van der Waals surface area contributed by atoms with Crippen LogP contribution in [0.5, 0.6) is 0 Å². The predicted molar refractivity (Wildman–Crippen MR) is 181 cm³/mol. The number of amides is 2. The van der Waals surface area contributed by atoms with Crippen LogP contribution in [0.4, 0.5) is 13.2 Å². The van der Waals surface area contributed by atoms with Crippen LogP contribution < -0.4 is 11.1 Å². The molecule has 0 aliphatic heterocycles. The van der Waals surface area contributed by atoms with Crippen molar-refractivity contribution >= 4 is 29.4 Å². The Balaban J connectivity index is 2.17. The molecule has 0 aliphatic carbocycles. The average molecular weight is 689 g/mol. The van der Waals surface area contributed by atoms with Crippen molar-refractivity contribution in [2.75, 3.05) is 6.61 Å². The van der Waals surface area contributed by atoms with Crippen LogP contribution in [-0.4, -0.2) is 42.0 Å². The highest BCUT2D eigenvalue weighted by Crippen LogP contribution is 2.33. The summed E-state index contributed by atoms with van der Waals surface area (Å²) in [6.07, 6.45) is 3.72. The molecule has 0 radical (unpaired) electrons. The number of nitrogens with two attached hydrogens (primary N) is 1. The Morgan fingerprint density at radius 1 is 0.837 bits per heavy atom. The quantitative estimate of drug-likeness (QED) is 0.0920. The molecule has 0 heterocycles. The van der Waals surface area contributed by atoms with Crippen molar-refractivity contribution in [3.8, 4) is 0 Å². The Morgan fingerprint density at radius 3 is 2.12 bits per heavy atom. The lowest BCUT2D eigenvalue weighted by Gasteiger charge is -2.23. The van der Waals surface area contributed by atoms with Crippen LogP contribution in [0, 0.1) is 18.8 Å². The van der Waals surface area contributed by atoms with Gasteiger partial charge in [-0.05, 0) is 49.8 Å². The summed E-state index contributed by atoms with van der Waals surface area (Å²) < 4.78 is 45.9. The number of carbonyl (C=O) groups excluding carboxylic acids is 5. The lowest BCUT2D eigenvalue weighted by Crippen LogP contribution is -2.44. The normalized spacial score (nSPS) is 13.3. The van der Waals surface area contributed by atoms with E-state index in [0.29, 0.717) is 6.42 Å². The third kappa shape index (κ3) is 15.0. The van der Waals surface area contributed by atoms with Crippen molar-refractivity contribution in [2.24, 2.45) is 17.6 Å². The average Bonchev–Trinajstić information content (AvgIpc) is 3.05. The zero-order valence-corrected chi connectivity index (χ0v) is 28.9. The Kier molecular flexibility index (Phi) is 17.8. The van der Waals surface area contributed by atoms with E-state index in [1.807, 2.05) is 0 Å². The van der Waals surface area contributed by atoms with E-state index in [-0.39, 0.29) is 49.5 Å². The zero-order valence-electron chi connectivity index (χ0n) is 28.9. The standard InChI is InChI=1S/C38H51F3N2O6/c1-4-5-6-7-8-9-11-16-27(3)36(47)43-31(21-15-22-34(42)46)32(44)24-29(23-28-18-12-10-13-19-28)33(45)25-49-37(48)35-26(2)17-14-20-30(35)38(39,40)41/h10,12-14,17-20,27,29,31H,4-9,11,15-16,21-25H2,1-3H3,(H2,42,46)(H,43,47)/t27?,29-,31?/m1/s1. The number of carbonyl (C=O) groups is 5. The molecule has 3 N–H and O–H groups in total. The van der Waals surface area contributed by atoms with E-state index in [1.54, 1.807) is 37.3 Å². The van der Waals surface area contributed by atoms with Gasteiger partial charge >= 0.3 is 12.1 Å². The number of rotatable bonds is 23. The van der Waals surface area contributed by atoms with Crippen LogP contribution in [0.25, 0.3) is 0 Å². The van der Waals surface area contributed by atoms with E-state index < -0.39 is 59.3 Å². The molecule has 8 nitrogen and oxygen atoms in total. The maximum Gasteiger partial charge on any atom is 0.417 e. The first-order valence-corrected chi connectivity index (χ1v) is 17.3. The highest BCUT2D eigenvalue weighted by Gasteiger charge is 2.37. The summed E-state index contributed by atoms with van der Waals surface area (Å²) in [5, 5.41) is 2.82.